The molecule has 126 valence electrons. The van der Waals surface area contributed by atoms with Crippen molar-refractivity contribution < 1.29 is 22.9 Å². The van der Waals surface area contributed by atoms with Crippen LogP contribution in [0.2, 0.25) is 0 Å². The van der Waals surface area contributed by atoms with Gasteiger partial charge in [0, 0.05) is 24.9 Å². The molecule has 1 fully saturated rings. The molecule has 1 saturated heterocycles. The Balaban J connectivity index is 1.84. The zero-order valence-corrected chi connectivity index (χ0v) is 12.1. The highest BCUT2D eigenvalue weighted by atomic mass is 19.4. The van der Waals surface area contributed by atoms with Gasteiger partial charge in [0.2, 0.25) is 0 Å². The fourth-order valence-corrected chi connectivity index (χ4v) is 2.60. The van der Waals surface area contributed by atoms with Crippen molar-refractivity contribution in [2.24, 2.45) is 0 Å². The monoisotopic (exact) mass is 340 g/mol. The zero-order valence-electron chi connectivity index (χ0n) is 12.1. The lowest BCUT2D eigenvalue weighted by Gasteiger charge is -2.16. The molecule has 10 heteroatoms. The number of carbonyl (C=O) groups is 1. The molecule has 3 rings (SSSR count). The first kappa shape index (κ1) is 16.0. The number of alkyl halides is 3. The van der Waals surface area contributed by atoms with Crippen molar-refractivity contribution in [3.63, 3.8) is 0 Å². The van der Waals surface area contributed by atoms with Gasteiger partial charge >= 0.3 is 6.18 Å². The maximum atomic E-state index is 12.6. The summed E-state index contributed by atoms with van der Waals surface area (Å²) >= 11 is 0. The molecular weight excluding hydrogens is 329 g/mol. The Morgan fingerprint density at radius 1 is 1.29 bits per heavy atom. The number of anilines is 1. The van der Waals surface area contributed by atoms with Crippen LogP contribution in [0.5, 0.6) is 0 Å². The SMILES string of the molecule is O=C1[C@@H](n2ccc(C(F)(F)F)n2)CCN1c1cccc([N+](=O)[O-])c1. The highest BCUT2D eigenvalue weighted by Crippen LogP contribution is 2.32. The smallest absolute Gasteiger partial charge is 0.310 e. The van der Waals surface area contributed by atoms with E-state index in [9.17, 15) is 28.1 Å². The number of aromatic nitrogens is 2. The van der Waals surface area contributed by atoms with Crippen molar-refractivity contribution in [3.8, 4) is 0 Å². The molecule has 7 nitrogen and oxygen atoms in total. The first-order valence-corrected chi connectivity index (χ1v) is 6.95. The number of nitro benzene ring substituents is 1. The van der Waals surface area contributed by atoms with Gasteiger partial charge in [0.1, 0.15) is 6.04 Å². The van der Waals surface area contributed by atoms with Crippen molar-refractivity contribution in [1.82, 2.24) is 9.78 Å². The molecule has 0 unspecified atom stereocenters. The number of benzene rings is 1. The van der Waals surface area contributed by atoms with Crippen molar-refractivity contribution in [2.45, 2.75) is 18.6 Å². The van der Waals surface area contributed by atoms with E-state index >= 15 is 0 Å². The van der Waals surface area contributed by atoms with E-state index in [1.165, 1.54) is 29.2 Å². The quantitative estimate of drug-likeness (QED) is 0.635. The third-order valence-corrected chi connectivity index (χ3v) is 3.75. The fraction of sp³-hybridized carbons (Fsp3) is 0.286. The third kappa shape index (κ3) is 2.82. The molecule has 1 atom stereocenters. The lowest BCUT2D eigenvalue weighted by Crippen LogP contribution is -2.28. The van der Waals surface area contributed by atoms with Crippen molar-refractivity contribution in [3.05, 3.63) is 52.3 Å². The van der Waals surface area contributed by atoms with Gasteiger partial charge in [-0.1, -0.05) is 6.07 Å². The van der Waals surface area contributed by atoms with Crippen LogP contribution in [0.25, 0.3) is 0 Å². The van der Waals surface area contributed by atoms with Crippen LogP contribution in [-0.2, 0) is 11.0 Å². The van der Waals surface area contributed by atoms with E-state index in [0.717, 1.165) is 16.9 Å². The number of rotatable bonds is 3. The van der Waals surface area contributed by atoms with Gasteiger partial charge in [0.25, 0.3) is 11.6 Å². The Bertz CT molecular complexity index is 803. The molecule has 24 heavy (non-hydrogen) atoms. The zero-order chi connectivity index (χ0) is 17.5. The predicted molar refractivity (Wildman–Crippen MR) is 76.3 cm³/mol. The summed E-state index contributed by atoms with van der Waals surface area (Å²) in [6.07, 6.45) is -3.20. The highest BCUT2D eigenvalue weighted by Gasteiger charge is 2.38. The second-order valence-electron chi connectivity index (χ2n) is 5.25. The van der Waals surface area contributed by atoms with Gasteiger partial charge in [0.05, 0.1) is 10.6 Å². The largest absolute Gasteiger partial charge is 0.435 e. The Hall–Kier alpha value is -2.91. The number of hydrogen-bond acceptors (Lipinski definition) is 4. The average Bonchev–Trinajstić information content (AvgIpc) is 3.13. The van der Waals surface area contributed by atoms with Gasteiger partial charge in [0.15, 0.2) is 5.69 Å². The van der Waals surface area contributed by atoms with Crippen molar-refractivity contribution in [1.29, 1.82) is 0 Å². The van der Waals surface area contributed by atoms with Gasteiger partial charge in [-0.15, -0.1) is 0 Å². The van der Waals surface area contributed by atoms with Crippen LogP contribution in [0.1, 0.15) is 18.2 Å². The first-order valence-electron chi connectivity index (χ1n) is 6.95. The minimum atomic E-state index is -4.58. The van der Waals surface area contributed by atoms with E-state index in [1.54, 1.807) is 0 Å². The minimum absolute atomic E-state index is 0.165. The summed E-state index contributed by atoms with van der Waals surface area (Å²) < 4.78 is 38.8. The average molecular weight is 340 g/mol. The number of hydrogen-bond donors (Lipinski definition) is 0. The van der Waals surface area contributed by atoms with Gasteiger partial charge in [-0.3, -0.25) is 19.6 Å². The lowest BCUT2D eigenvalue weighted by molar-refractivity contribution is -0.384. The molecule has 0 saturated carbocycles. The lowest BCUT2D eigenvalue weighted by atomic mass is 10.2. The van der Waals surface area contributed by atoms with E-state index in [2.05, 4.69) is 5.10 Å². The number of halogens is 3. The van der Waals surface area contributed by atoms with Gasteiger partial charge < -0.3 is 4.90 Å². The standard InChI is InChI=1S/C14H11F3N4O3/c15-14(16,17)12-5-7-20(18-12)11-4-6-19(13(11)22)9-2-1-3-10(8-9)21(23)24/h1-3,5,7-8,11H,4,6H2/t11-/m0/s1. The van der Waals surface area contributed by atoms with Crippen molar-refractivity contribution >= 4 is 17.3 Å². The number of amides is 1. The van der Waals surface area contributed by atoms with Crippen molar-refractivity contribution in [2.75, 3.05) is 11.4 Å². The maximum absolute atomic E-state index is 12.6. The van der Waals surface area contributed by atoms with Gasteiger partial charge in [-0.25, -0.2) is 0 Å². The summed E-state index contributed by atoms with van der Waals surface area (Å²) in [6, 6.07) is 5.49. The van der Waals surface area contributed by atoms with E-state index < -0.39 is 28.7 Å². The summed E-state index contributed by atoms with van der Waals surface area (Å²) in [7, 11) is 0. The normalized spacial score (nSPS) is 18.2. The molecule has 1 amide bonds. The van der Waals surface area contributed by atoms with Crippen LogP contribution in [0.4, 0.5) is 24.5 Å². The van der Waals surface area contributed by atoms with Gasteiger partial charge in [-0.05, 0) is 18.6 Å². The summed E-state index contributed by atoms with van der Waals surface area (Å²) in [4.78, 5) is 24.0. The number of nitrogens with zero attached hydrogens (tertiary/aromatic N) is 4. The molecule has 0 spiro atoms. The van der Waals surface area contributed by atoms with Crippen LogP contribution in [-0.4, -0.2) is 27.2 Å². The second-order valence-corrected chi connectivity index (χ2v) is 5.25. The van der Waals surface area contributed by atoms with E-state index in [4.69, 9.17) is 0 Å². The van der Waals surface area contributed by atoms with Gasteiger partial charge in [-0.2, -0.15) is 18.3 Å². The first-order chi connectivity index (χ1) is 11.3. The Morgan fingerprint density at radius 3 is 2.67 bits per heavy atom. The molecule has 0 N–H and O–H groups in total. The van der Waals surface area contributed by atoms with Crippen LogP contribution in [0, 0.1) is 10.1 Å². The predicted octanol–water partition coefficient (Wildman–Crippen LogP) is 2.79. The number of non-ortho nitro benzene ring substituents is 1. The topological polar surface area (TPSA) is 81.3 Å². The molecule has 2 heterocycles. The fourth-order valence-electron chi connectivity index (χ4n) is 2.60. The number of nitro groups is 1. The molecule has 1 aliphatic heterocycles. The maximum Gasteiger partial charge on any atom is 0.435 e. The molecule has 1 aliphatic rings. The van der Waals surface area contributed by atoms with Crippen LogP contribution >= 0.6 is 0 Å². The summed E-state index contributed by atoms with van der Waals surface area (Å²) in [5, 5.41) is 14.2. The second kappa shape index (κ2) is 5.62. The molecule has 2 aromatic rings. The third-order valence-electron chi connectivity index (χ3n) is 3.75. The molecular formula is C14H11F3N4O3. The Morgan fingerprint density at radius 2 is 2.04 bits per heavy atom. The van der Waals surface area contributed by atoms with E-state index in [0.29, 0.717) is 5.69 Å². The Kier molecular flexibility index (Phi) is 3.74. The summed E-state index contributed by atoms with van der Waals surface area (Å²) in [5.74, 6) is -0.452. The van der Waals surface area contributed by atoms with Crippen LogP contribution < -0.4 is 4.90 Å². The summed E-state index contributed by atoms with van der Waals surface area (Å²) in [6.45, 7) is 0.242. The highest BCUT2D eigenvalue weighted by molar-refractivity contribution is 5.98. The molecule has 0 aliphatic carbocycles. The molecule has 0 bridgehead atoms. The molecule has 1 aromatic heterocycles. The van der Waals surface area contributed by atoms with Crippen LogP contribution in [0.15, 0.2) is 36.5 Å². The molecule has 1 aromatic carbocycles. The number of carbonyl (C=O) groups excluding carboxylic acids is 1. The van der Waals surface area contributed by atoms with E-state index in [1.807, 2.05) is 0 Å². The van der Waals surface area contributed by atoms with E-state index in [-0.39, 0.29) is 18.7 Å². The summed E-state index contributed by atoms with van der Waals surface area (Å²) in [5.41, 5.74) is -0.897. The minimum Gasteiger partial charge on any atom is -0.310 e. The Labute approximate surface area is 133 Å². The molecule has 0 radical (unpaired) electrons. The van der Waals surface area contributed by atoms with Crippen LogP contribution in [0.3, 0.4) is 0 Å².